The summed E-state index contributed by atoms with van der Waals surface area (Å²) < 4.78 is 0. The number of phenolic OH excluding ortho intramolecular Hbond substituents is 1. The summed E-state index contributed by atoms with van der Waals surface area (Å²) >= 11 is 0. The lowest BCUT2D eigenvalue weighted by atomic mass is 10.2. The highest BCUT2D eigenvalue weighted by Gasteiger charge is 2.08. The zero-order chi connectivity index (χ0) is 12.7. The number of hydrogen-bond donors (Lipinski definition) is 2. The summed E-state index contributed by atoms with van der Waals surface area (Å²) in [6.45, 7) is 1.15. The summed E-state index contributed by atoms with van der Waals surface area (Å²) in [5, 5.41) is 9.32. The fourth-order valence-electron chi connectivity index (χ4n) is 1.63. The monoisotopic (exact) mass is 236 g/mol. The molecule has 4 heteroatoms. The van der Waals surface area contributed by atoms with Gasteiger partial charge in [0.1, 0.15) is 5.75 Å². The second-order valence-electron chi connectivity index (χ2n) is 4.17. The molecule has 17 heavy (non-hydrogen) atoms. The van der Waals surface area contributed by atoms with E-state index in [0.717, 1.165) is 18.4 Å². The van der Waals surface area contributed by atoms with Crippen LogP contribution in [0.3, 0.4) is 0 Å². The van der Waals surface area contributed by atoms with Gasteiger partial charge in [-0.25, -0.2) is 0 Å². The zero-order valence-electron chi connectivity index (χ0n) is 10.2. The third-order valence-electron chi connectivity index (χ3n) is 2.60. The standard InChI is InChI=1S/C13H20N2O2/c1-15(13(17)7-2-3-8-14)10-11-5-4-6-12(16)9-11/h4-6,9,16H,2-3,7-8,10,14H2,1H3. The van der Waals surface area contributed by atoms with E-state index in [2.05, 4.69) is 0 Å². The number of nitrogens with two attached hydrogens (primary N) is 1. The molecule has 0 saturated heterocycles. The maximum atomic E-state index is 11.7. The van der Waals surface area contributed by atoms with Crippen molar-refractivity contribution in [1.82, 2.24) is 4.90 Å². The molecule has 0 aliphatic carbocycles. The first-order valence-corrected chi connectivity index (χ1v) is 5.85. The highest BCUT2D eigenvalue weighted by Crippen LogP contribution is 2.13. The number of aromatic hydroxyl groups is 1. The van der Waals surface area contributed by atoms with Crippen molar-refractivity contribution in [1.29, 1.82) is 0 Å². The molecule has 0 fully saturated rings. The number of carbonyl (C=O) groups is 1. The van der Waals surface area contributed by atoms with Crippen LogP contribution >= 0.6 is 0 Å². The SMILES string of the molecule is CN(Cc1cccc(O)c1)C(=O)CCCCN. The molecule has 94 valence electrons. The van der Waals surface area contributed by atoms with E-state index in [0.29, 0.717) is 19.5 Å². The third kappa shape index (κ3) is 4.87. The molecule has 0 unspecified atom stereocenters. The van der Waals surface area contributed by atoms with Crippen molar-refractivity contribution in [3.8, 4) is 5.75 Å². The van der Waals surface area contributed by atoms with Crippen molar-refractivity contribution in [3.63, 3.8) is 0 Å². The minimum atomic E-state index is 0.113. The van der Waals surface area contributed by atoms with Gasteiger partial charge in [0.25, 0.3) is 0 Å². The van der Waals surface area contributed by atoms with Crippen molar-refractivity contribution in [3.05, 3.63) is 29.8 Å². The lowest BCUT2D eigenvalue weighted by Crippen LogP contribution is -2.25. The summed E-state index contributed by atoms with van der Waals surface area (Å²) in [6, 6.07) is 6.96. The van der Waals surface area contributed by atoms with E-state index in [-0.39, 0.29) is 11.7 Å². The van der Waals surface area contributed by atoms with Crippen LogP contribution in [0.1, 0.15) is 24.8 Å². The van der Waals surface area contributed by atoms with Gasteiger partial charge in [0.15, 0.2) is 0 Å². The van der Waals surface area contributed by atoms with Crippen LogP contribution in [-0.2, 0) is 11.3 Å². The number of nitrogens with zero attached hydrogens (tertiary/aromatic N) is 1. The van der Waals surface area contributed by atoms with E-state index in [4.69, 9.17) is 5.73 Å². The van der Waals surface area contributed by atoms with E-state index < -0.39 is 0 Å². The van der Waals surface area contributed by atoms with E-state index in [9.17, 15) is 9.90 Å². The molecule has 0 saturated carbocycles. The Kier molecular flexibility index (Phi) is 5.49. The molecule has 0 aliphatic heterocycles. The highest BCUT2D eigenvalue weighted by molar-refractivity contribution is 5.75. The van der Waals surface area contributed by atoms with Crippen LogP contribution in [0.2, 0.25) is 0 Å². The molecule has 1 aromatic carbocycles. The van der Waals surface area contributed by atoms with Gasteiger partial charge < -0.3 is 15.7 Å². The number of unbranched alkanes of at least 4 members (excludes halogenated alkanes) is 1. The van der Waals surface area contributed by atoms with Gasteiger partial charge in [0.2, 0.25) is 5.91 Å². The number of amides is 1. The molecule has 1 aromatic rings. The minimum Gasteiger partial charge on any atom is -0.508 e. The molecule has 3 N–H and O–H groups in total. The van der Waals surface area contributed by atoms with Gasteiger partial charge in [-0.2, -0.15) is 0 Å². The molecular formula is C13H20N2O2. The average molecular weight is 236 g/mol. The van der Waals surface area contributed by atoms with Gasteiger partial charge in [0, 0.05) is 20.0 Å². The first-order chi connectivity index (χ1) is 8.13. The normalized spacial score (nSPS) is 10.2. The Hall–Kier alpha value is -1.55. The van der Waals surface area contributed by atoms with Crippen LogP contribution in [0.25, 0.3) is 0 Å². The van der Waals surface area contributed by atoms with Gasteiger partial charge in [0.05, 0.1) is 0 Å². The molecule has 0 aliphatic rings. The van der Waals surface area contributed by atoms with Gasteiger partial charge in [-0.1, -0.05) is 12.1 Å². The van der Waals surface area contributed by atoms with Gasteiger partial charge in [-0.15, -0.1) is 0 Å². The molecule has 0 bridgehead atoms. The predicted octanol–water partition coefficient (Wildman–Crippen LogP) is 1.48. The summed E-state index contributed by atoms with van der Waals surface area (Å²) in [5.74, 6) is 0.341. The Labute approximate surface area is 102 Å². The first-order valence-electron chi connectivity index (χ1n) is 5.85. The first kappa shape index (κ1) is 13.5. The van der Waals surface area contributed by atoms with Crippen molar-refractivity contribution >= 4 is 5.91 Å². The van der Waals surface area contributed by atoms with E-state index >= 15 is 0 Å². The Morgan fingerprint density at radius 1 is 1.41 bits per heavy atom. The van der Waals surface area contributed by atoms with Crippen LogP contribution < -0.4 is 5.73 Å². The van der Waals surface area contributed by atoms with Crippen LogP contribution in [-0.4, -0.2) is 29.5 Å². The van der Waals surface area contributed by atoms with Crippen molar-refractivity contribution < 1.29 is 9.90 Å². The van der Waals surface area contributed by atoms with Crippen molar-refractivity contribution in [2.75, 3.05) is 13.6 Å². The summed E-state index contributed by atoms with van der Waals surface area (Å²) in [4.78, 5) is 13.4. The quantitative estimate of drug-likeness (QED) is 0.735. The second kappa shape index (κ2) is 6.91. The average Bonchev–Trinajstić information content (AvgIpc) is 2.29. The van der Waals surface area contributed by atoms with E-state index in [1.807, 2.05) is 6.07 Å². The molecule has 1 amide bonds. The fourth-order valence-corrected chi connectivity index (χ4v) is 1.63. The largest absolute Gasteiger partial charge is 0.508 e. The summed E-state index contributed by atoms with van der Waals surface area (Å²) in [7, 11) is 1.77. The maximum Gasteiger partial charge on any atom is 0.222 e. The van der Waals surface area contributed by atoms with E-state index in [1.165, 1.54) is 0 Å². The second-order valence-corrected chi connectivity index (χ2v) is 4.17. The Bertz CT molecular complexity index is 366. The third-order valence-corrected chi connectivity index (χ3v) is 2.60. The molecule has 1 rings (SSSR count). The fraction of sp³-hybridized carbons (Fsp3) is 0.462. The van der Waals surface area contributed by atoms with Gasteiger partial charge >= 0.3 is 0 Å². The van der Waals surface area contributed by atoms with Crippen LogP contribution in [0.15, 0.2) is 24.3 Å². The molecular weight excluding hydrogens is 216 g/mol. The van der Waals surface area contributed by atoms with Crippen LogP contribution in [0.5, 0.6) is 5.75 Å². The van der Waals surface area contributed by atoms with Crippen LogP contribution in [0.4, 0.5) is 0 Å². The predicted molar refractivity (Wildman–Crippen MR) is 67.5 cm³/mol. The van der Waals surface area contributed by atoms with Crippen molar-refractivity contribution in [2.45, 2.75) is 25.8 Å². The van der Waals surface area contributed by atoms with Crippen molar-refractivity contribution in [2.24, 2.45) is 5.73 Å². The zero-order valence-corrected chi connectivity index (χ0v) is 10.2. The topological polar surface area (TPSA) is 66.6 Å². The molecule has 0 atom stereocenters. The Morgan fingerprint density at radius 3 is 2.82 bits per heavy atom. The van der Waals surface area contributed by atoms with Gasteiger partial charge in [-0.3, -0.25) is 4.79 Å². The molecule has 0 spiro atoms. The summed E-state index contributed by atoms with van der Waals surface area (Å²) in [6.07, 6.45) is 2.25. The minimum absolute atomic E-state index is 0.113. The Morgan fingerprint density at radius 2 is 2.18 bits per heavy atom. The lowest BCUT2D eigenvalue weighted by molar-refractivity contribution is -0.130. The number of benzene rings is 1. The van der Waals surface area contributed by atoms with Gasteiger partial charge in [-0.05, 0) is 37.1 Å². The number of phenols is 1. The van der Waals surface area contributed by atoms with Crippen LogP contribution in [0, 0.1) is 0 Å². The van der Waals surface area contributed by atoms with E-state index in [1.54, 1.807) is 30.1 Å². The smallest absolute Gasteiger partial charge is 0.222 e. The number of carbonyl (C=O) groups excluding carboxylic acids is 1. The number of rotatable bonds is 6. The lowest BCUT2D eigenvalue weighted by Gasteiger charge is -2.17. The molecule has 4 nitrogen and oxygen atoms in total. The maximum absolute atomic E-state index is 11.7. The number of hydrogen-bond acceptors (Lipinski definition) is 3. The Balaban J connectivity index is 2.43. The molecule has 0 radical (unpaired) electrons. The molecule has 0 heterocycles. The summed E-state index contributed by atoms with van der Waals surface area (Å²) in [5.41, 5.74) is 6.31. The highest BCUT2D eigenvalue weighted by atomic mass is 16.3. The molecule has 0 aromatic heterocycles.